The van der Waals surface area contributed by atoms with Crippen LogP contribution in [-0.2, 0) is 16.1 Å². The smallest absolute Gasteiger partial charge is 0.330 e. The summed E-state index contributed by atoms with van der Waals surface area (Å²) in [4.78, 5) is 21.3. The van der Waals surface area contributed by atoms with Crippen LogP contribution in [0.15, 0.2) is 57.2 Å². The fraction of sp³-hybridized carbons (Fsp3) is 0.150. The first kappa shape index (κ1) is 19.6. The van der Waals surface area contributed by atoms with E-state index in [-0.39, 0.29) is 11.8 Å². The SMILES string of the molecule is CCn1c(-c2nonc2N)nc2cnc(Sc3ccc(/C=C/C(=O)OC)cc3)cc21. The number of nitrogens with zero attached hydrogens (tertiary/aromatic N) is 5. The van der Waals surface area contributed by atoms with Crippen molar-refractivity contribution in [2.24, 2.45) is 0 Å². The van der Waals surface area contributed by atoms with Gasteiger partial charge in [-0.2, -0.15) is 0 Å². The summed E-state index contributed by atoms with van der Waals surface area (Å²) in [5, 5.41) is 8.33. The zero-order chi connectivity index (χ0) is 21.1. The quantitative estimate of drug-likeness (QED) is 0.368. The molecule has 9 nitrogen and oxygen atoms in total. The van der Waals surface area contributed by atoms with Gasteiger partial charge in [0.05, 0.1) is 18.8 Å². The van der Waals surface area contributed by atoms with Crippen LogP contribution >= 0.6 is 11.8 Å². The van der Waals surface area contributed by atoms with Crippen LogP contribution in [0.4, 0.5) is 5.82 Å². The van der Waals surface area contributed by atoms with Gasteiger partial charge in [-0.3, -0.25) is 0 Å². The molecular formula is C20H18N6O3S. The monoisotopic (exact) mass is 422 g/mol. The number of benzene rings is 1. The molecule has 0 radical (unpaired) electrons. The fourth-order valence-corrected chi connectivity index (χ4v) is 3.71. The lowest BCUT2D eigenvalue weighted by atomic mass is 10.2. The van der Waals surface area contributed by atoms with Crippen molar-refractivity contribution in [2.45, 2.75) is 23.4 Å². The molecule has 0 saturated carbocycles. The van der Waals surface area contributed by atoms with E-state index in [9.17, 15) is 4.79 Å². The van der Waals surface area contributed by atoms with Crippen LogP contribution in [0.2, 0.25) is 0 Å². The van der Waals surface area contributed by atoms with Crippen molar-refractivity contribution in [3.05, 3.63) is 48.2 Å². The molecule has 152 valence electrons. The minimum absolute atomic E-state index is 0.198. The molecule has 0 bridgehead atoms. The summed E-state index contributed by atoms with van der Waals surface area (Å²) >= 11 is 1.53. The van der Waals surface area contributed by atoms with Crippen LogP contribution < -0.4 is 5.73 Å². The highest BCUT2D eigenvalue weighted by Gasteiger charge is 2.19. The highest BCUT2D eigenvalue weighted by atomic mass is 32.2. The van der Waals surface area contributed by atoms with Crippen molar-refractivity contribution < 1.29 is 14.2 Å². The molecule has 10 heteroatoms. The summed E-state index contributed by atoms with van der Waals surface area (Å²) in [6.07, 6.45) is 4.82. The van der Waals surface area contributed by atoms with E-state index in [2.05, 4.69) is 25.0 Å². The first-order valence-electron chi connectivity index (χ1n) is 9.07. The van der Waals surface area contributed by atoms with Crippen LogP contribution in [0.5, 0.6) is 0 Å². The number of imidazole rings is 1. The van der Waals surface area contributed by atoms with Crippen molar-refractivity contribution in [3.8, 4) is 11.5 Å². The average Bonchev–Trinajstić information content (AvgIpc) is 3.35. The summed E-state index contributed by atoms with van der Waals surface area (Å²) in [6.45, 7) is 2.69. The summed E-state index contributed by atoms with van der Waals surface area (Å²) in [7, 11) is 1.35. The van der Waals surface area contributed by atoms with Gasteiger partial charge in [0.1, 0.15) is 10.5 Å². The Bertz CT molecular complexity index is 1230. The van der Waals surface area contributed by atoms with Crippen molar-refractivity contribution in [1.82, 2.24) is 24.8 Å². The molecule has 0 aliphatic rings. The number of aryl methyl sites for hydroxylation is 1. The predicted molar refractivity (Wildman–Crippen MR) is 113 cm³/mol. The number of anilines is 1. The molecule has 2 N–H and O–H groups in total. The second kappa shape index (κ2) is 8.37. The molecule has 3 heterocycles. The molecule has 0 atom stereocenters. The number of nitrogens with two attached hydrogens (primary N) is 1. The molecule has 0 saturated heterocycles. The Balaban J connectivity index is 1.60. The summed E-state index contributed by atoms with van der Waals surface area (Å²) in [5.41, 5.74) is 8.81. The number of carbonyl (C=O) groups is 1. The van der Waals surface area contributed by atoms with Crippen LogP contribution in [0.3, 0.4) is 0 Å². The first-order valence-corrected chi connectivity index (χ1v) is 9.89. The number of ether oxygens (including phenoxy) is 1. The Hall–Kier alpha value is -3.66. The summed E-state index contributed by atoms with van der Waals surface area (Å²) in [6, 6.07) is 9.77. The Morgan fingerprint density at radius 2 is 2.10 bits per heavy atom. The fourth-order valence-electron chi connectivity index (χ4n) is 2.92. The van der Waals surface area contributed by atoms with Crippen LogP contribution in [-0.4, -0.2) is 37.9 Å². The molecule has 3 aromatic heterocycles. The van der Waals surface area contributed by atoms with E-state index < -0.39 is 0 Å². The number of nitrogen functional groups attached to an aromatic ring is 1. The van der Waals surface area contributed by atoms with Crippen molar-refractivity contribution in [2.75, 3.05) is 12.8 Å². The van der Waals surface area contributed by atoms with E-state index in [0.29, 0.717) is 18.1 Å². The first-order chi connectivity index (χ1) is 14.6. The van der Waals surface area contributed by atoms with Crippen molar-refractivity contribution >= 4 is 40.7 Å². The minimum Gasteiger partial charge on any atom is -0.466 e. The molecule has 4 rings (SSSR count). The molecular weight excluding hydrogens is 404 g/mol. The number of aromatic nitrogens is 5. The number of carbonyl (C=O) groups excluding carboxylic acids is 1. The Labute approximate surface area is 175 Å². The van der Waals surface area contributed by atoms with Gasteiger partial charge in [0.25, 0.3) is 0 Å². The number of hydrogen-bond donors (Lipinski definition) is 1. The number of hydrogen-bond acceptors (Lipinski definition) is 9. The van der Waals surface area contributed by atoms with E-state index >= 15 is 0 Å². The van der Waals surface area contributed by atoms with Gasteiger partial charge in [-0.05, 0) is 47.1 Å². The third-order valence-electron chi connectivity index (χ3n) is 4.37. The third-order valence-corrected chi connectivity index (χ3v) is 5.31. The number of fused-ring (bicyclic) bond motifs is 1. The number of rotatable bonds is 6. The van der Waals surface area contributed by atoms with E-state index in [1.807, 2.05) is 41.8 Å². The number of pyridine rings is 1. The van der Waals surface area contributed by atoms with Gasteiger partial charge in [0, 0.05) is 17.5 Å². The topological polar surface area (TPSA) is 122 Å². The second-order valence-electron chi connectivity index (χ2n) is 6.22. The molecule has 0 amide bonds. The molecule has 0 aliphatic carbocycles. The van der Waals surface area contributed by atoms with Gasteiger partial charge in [-0.25, -0.2) is 19.4 Å². The third kappa shape index (κ3) is 3.90. The molecule has 0 aliphatic heterocycles. The lowest BCUT2D eigenvalue weighted by Gasteiger charge is -2.05. The molecule has 0 spiro atoms. The maximum atomic E-state index is 11.2. The average molecular weight is 422 g/mol. The van der Waals surface area contributed by atoms with Gasteiger partial charge in [0.15, 0.2) is 17.3 Å². The zero-order valence-corrected chi connectivity index (χ0v) is 17.1. The van der Waals surface area contributed by atoms with E-state index in [0.717, 1.165) is 26.5 Å². The van der Waals surface area contributed by atoms with Gasteiger partial charge in [-0.1, -0.05) is 23.9 Å². The number of methoxy groups -OCH3 is 1. The molecule has 0 unspecified atom stereocenters. The molecule has 1 aromatic carbocycles. The number of esters is 1. The zero-order valence-electron chi connectivity index (χ0n) is 16.3. The largest absolute Gasteiger partial charge is 0.466 e. The van der Waals surface area contributed by atoms with Crippen LogP contribution in [0.1, 0.15) is 12.5 Å². The lowest BCUT2D eigenvalue weighted by Crippen LogP contribution is -2.00. The summed E-state index contributed by atoms with van der Waals surface area (Å²) in [5.74, 6) is 0.405. The highest BCUT2D eigenvalue weighted by Crippen LogP contribution is 2.31. The highest BCUT2D eigenvalue weighted by molar-refractivity contribution is 7.99. The minimum atomic E-state index is -0.388. The predicted octanol–water partition coefficient (Wildman–Crippen LogP) is 3.42. The second-order valence-corrected chi connectivity index (χ2v) is 7.31. The van der Waals surface area contributed by atoms with E-state index in [1.54, 1.807) is 12.3 Å². The Morgan fingerprint density at radius 3 is 2.77 bits per heavy atom. The molecule has 30 heavy (non-hydrogen) atoms. The molecule has 4 aromatic rings. The van der Waals surface area contributed by atoms with Gasteiger partial charge >= 0.3 is 5.97 Å². The Kier molecular flexibility index (Phi) is 5.48. The standard InChI is InChI=1S/C20H18N6O3S/c1-3-26-15-10-16(22-11-14(15)23-20(26)18-19(21)25-29-24-18)30-13-7-4-12(5-8-13)6-9-17(27)28-2/h4-11H,3H2,1-2H3,(H2,21,25)/b9-6+. The van der Waals surface area contributed by atoms with E-state index in [4.69, 9.17) is 10.4 Å². The lowest BCUT2D eigenvalue weighted by molar-refractivity contribution is -0.134. The Morgan fingerprint density at radius 1 is 1.30 bits per heavy atom. The van der Waals surface area contributed by atoms with Gasteiger partial charge in [0.2, 0.25) is 0 Å². The van der Waals surface area contributed by atoms with Crippen LogP contribution in [0, 0.1) is 0 Å². The van der Waals surface area contributed by atoms with E-state index in [1.165, 1.54) is 24.9 Å². The maximum absolute atomic E-state index is 11.2. The van der Waals surface area contributed by atoms with Gasteiger partial charge < -0.3 is 15.0 Å². The summed E-state index contributed by atoms with van der Waals surface area (Å²) < 4.78 is 11.3. The maximum Gasteiger partial charge on any atom is 0.330 e. The van der Waals surface area contributed by atoms with Crippen molar-refractivity contribution in [1.29, 1.82) is 0 Å². The molecule has 0 fully saturated rings. The van der Waals surface area contributed by atoms with Crippen LogP contribution in [0.25, 0.3) is 28.6 Å². The normalized spacial score (nSPS) is 11.4. The van der Waals surface area contributed by atoms with Gasteiger partial charge in [-0.15, -0.1) is 0 Å². The van der Waals surface area contributed by atoms with Crippen molar-refractivity contribution in [3.63, 3.8) is 0 Å².